The van der Waals surface area contributed by atoms with Crippen molar-refractivity contribution in [2.75, 3.05) is 13.1 Å². The lowest BCUT2D eigenvalue weighted by atomic mass is 10.1. The Hall–Kier alpha value is -2.07. The Labute approximate surface area is 124 Å². The number of hydrogen-bond donors (Lipinski definition) is 2. The number of aryl methyl sites for hydroxylation is 1. The highest BCUT2D eigenvalue weighted by atomic mass is 15.2. The zero-order chi connectivity index (χ0) is 14.2. The van der Waals surface area contributed by atoms with Crippen LogP contribution < -0.4 is 0 Å². The highest BCUT2D eigenvalue weighted by Crippen LogP contribution is 2.26. The van der Waals surface area contributed by atoms with Crippen LogP contribution >= 0.6 is 0 Å². The van der Waals surface area contributed by atoms with Crippen molar-refractivity contribution in [3.8, 4) is 0 Å². The van der Waals surface area contributed by atoms with Crippen LogP contribution in [0.1, 0.15) is 29.4 Å². The Kier molecular flexibility index (Phi) is 3.04. The van der Waals surface area contributed by atoms with E-state index in [0.29, 0.717) is 5.92 Å². The fourth-order valence-electron chi connectivity index (χ4n) is 3.29. The van der Waals surface area contributed by atoms with Crippen LogP contribution in [-0.4, -0.2) is 32.9 Å². The summed E-state index contributed by atoms with van der Waals surface area (Å²) in [6.45, 7) is 5.32. The maximum Gasteiger partial charge on any atom is 0.110 e. The average molecular weight is 280 g/mol. The van der Waals surface area contributed by atoms with Crippen LogP contribution in [0.15, 0.2) is 36.7 Å². The molecule has 4 heteroatoms. The van der Waals surface area contributed by atoms with Gasteiger partial charge >= 0.3 is 0 Å². The fourth-order valence-corrected chi connectivity index (χ4v) is 3.29. The number of likely N-dealkylation sites (tertiary alicyclic amines) is 1. The van der Waals surface area contributed by atoms with E-state index in [4.69, 9.17) is 0 Å². The van der Waals surface area contributed by atoms with E-state index in [1.54, 1.807) is 0 Å². The number of imidazole rings is 1. The summed E-state index contributed by atoms with van der Waals surface area (Å²) in [5.41, 5.74) is 3.76. The topological polar surface area (TPSA) is 47.7 Å². The lowest BCUT2D eigenvalue weighted by molar-refractivity contribution is 0.326. The second kappa shape index (κ2) is 5.04. The molecular weight excluding hydrogens is 260 g/mol. The van der Waals surface area contributed by atoms with E-state index in [9.17, 15) is 0 Å². The van der Waals surface area contributed by atoms with Crippen molar-refractivity contribution in [1.82, 2.24) is 19.9 Å². The molecule has 0 radical (unpaired) electrons. The third-order valence-electron chi connectivity index (χ3n) is 4.41. The molecule has 21 heavy (non-hydrogen) atoms. The number of nitrogens with one attached hydrogen (secondary N) is 2. The molecule has 1 fully saturated rings. The molecule has 0 amide bonds. The first-order valence-corrected chi connectivity index (χ1v) is 7.58. The molecule has 2 aromatic heterocycles. The molecule has 1 unspecified atom stereocenters. The number of aromatic nitrogens is 3. The summed E-state index contributed by atoms with van der Waals surface area (Å²) in [5, 5.41) is 1.28. The molecular formula is C17H20N4. The van der Waals surface area contributed by atoms with Crippen LogP contribution in [0.3, 0.4) is 0 Å². The van der Waals surface area contributed by atoms with Gasteiger partial charge in [0.15, 0.2) is 0 Å². The number of fused-ring (bicyclic) bond motifs is 1. The van der Waals surface area contributed by atoms with Gasteiger partial charge < -0.3 is 9.97 Å². The lowest BCUT2D eigenvalue weighted by Gasteiger charge is -2.15. The van der Waals surface area contributed by atoms with Crippen molar-refractivity contribution < 1.29 is 0 Å². The molecule has 4 nitrogen and oxygen atoms in total. The minimum atomic E-state index is 0.549. The number of aromatic amines is 2. The number of H-pyrrole nitrogens is 2. The SMILES string of the molecule is Cc1cnc(C2CCN(Cc3ccc4cc[nH]c4c3)C2)[nH]1. The third kappa shape index (κ3) is 2.47. The van der Waals surface area contributed by atoms with Crippen molar-refractivity contribution >= 4 is 10.9 Å². The van der Waals surface area contributed by atoms with Gasteiger partial charge in [-0.25, -0.2) is 4.98 Å². The molecule has 1 aliphatic heterocycles. The molecule has 0 aliphatic carbocycles. The molecule has 1 saturated heterocycles. The molecule has 0 saturated carbocycles. The van der Waals surface area contributed by atoms with E-state index in [1.807, 2.05) is 12.4 Å². The molecule has 2 N–H and O–H groups in total. The van der Waals surface area contributed by atoms with Crippen LogP contribution in [0.4, 0.5) is 0 Å². The first-order chi connectivity index (χ1) is 10.3. The fraction of sp³-hybridized carbons (Fsp3) is 0.353. The summed E-state index contributed by atoms with van der Waals surface area (Å²) in [6.07, 6.45) is 5.12. The summed E-state index contributed by atoms with van der Waals surface area (Å²) in [7, 11) is 0. The van der Waals surface area contributed by atoms with Crippen LogP contribution in [0.2, 0.25) is 0 Å². The Bertz CT molecular complexity index is 755. The number of rotatable bonds is 3. The van der Waals surface area contributed by atoms with Crippen molar-refractivity contribution in [2.45, 2.75) is 25.8 Å². The Morgan fingerprint density at radius 1 is 1.33 bits per heavy atom. The van der Waals surface area contributed by atoms with Gasteiger partial charge in [0.1, 0.15) is 5.82 Å². The minimum absolute atomic E-state index is 0.549. The van der Waals surface area contributed by atoms with Gasteiger partial charge in [-0.15, -0.1) is 0 Å². The van der Waals surface area contributed by atoms with Crippen molar-refractivity contribution in [3.63, 3.8) is 0 Å². The number of nitrogens with zero attached hydrogens (tertiary/aromatic N) is 2. The van der Waals surface area contributed by atoms with E-state index in [-0.39, 0.29) is 0 Å². The first-order valence-electron chi connectivity index (χ1n) is 7.58. The average Bonchev–Trinajstić information content (AvgIpc) is 3.18. The van der Waals surface area contributed by atoms with Gasteiger partial charge in [0, 0.05) is 42.6 Å². The highest BCUT2D eigenvalue weighted by molar-refractivity contribution is 5.79. The van der Waals surface area contributed by atoms with E-state index in [2.05, 4.69) is 51.0 Å². The molecule has 4 rings (SSSR count). The predicted octanol–water partition coefficient (Wildman–Crippen LogP) is 3.19. The van der Waals surface area contributed by atoms with Gasteiger partial charge in [-0.1, -0.05) is 12.1 Å². The van der Waals surface area contributed by atoms with E-state index in [1.165, 1.54) is 22.9 Å². The zero-order valence-electron chi connectivity index (χ0n) is 12.3. The number of benzene rings is 1. The lowest BCUT2D eigenvalue weighted by Crippen LogP contribution is -2.19. The van der Waals surface area contributed by atoms with Gasteiger partial charge in [-0.05, 0) is 43.0 Å². The maximum atomic E-state index is 4.49. The van der Waals surface area contributed by atoms with E-state index >= 15 is 0 Å². The molecule has 3 aromatic rings. The van der Waals surface area contributed by atoms with Crippen LogP contribution in [-0.2, 0) is 6.54 Å². The largest absolute Gasteiger partial charge is 0.361 e. The second-order valence-corrected chi connectivity index (χ2v) is 6.07. The first kappa shape index (κ1) is 12.7. The van der Waals surface area contributed by atoms with Crippen molar-refractivity contribution in [2.24, 2.45) is 0 Å². The minimum Gasteiger partial charge on any atom is -0.361 e. The maximum absolute atomic E-state index is 4.49. The molecule has 0 spiro atoms. The zero-order valence-corrected chi connectivity index (χ0v) is 12.3. The van der Waals surface area contributed by atoms with Crippen molar-refractivity contribution in [3.05, 3.63) is 53.7 Å². The molecule has 1 atom stereocenters. The molecule has 0 bridgehead atoms. The van der Waals surface area contributed by atoms with Crippen LogP contribution in [0.5, 0.6) is 0 Å². The van der Waals surface area contributed by atoms with Gasteiger partial charge in [-0.3, -0.25) is 4.90 Å². The van der Waals surface area contributed by atoms with Gasteiger partial charge in [0.25, 0.3) is 0 Å². The highest BCUT2D eigenvalue weighted by Gasteiger charge is 2.25. The standard InChI is InChI=1S/C17H20N4/c1-12-9-19-17(20-12)15-5-7-21(11-15)10-13-2-3-14-4-6-18-16(14)8-13/h2-4,6,8-9,15,18H,5,7,10-11H2,1H3,(H,19,20). The molecule has 1 aromatic carbocycles. The van der Waals surface area contributed by atoms with Crippen LogP contribution in [0, 0.1) is 6.92 Å². The predicted molar refractivity (Wildman–Crippen MR) is 84.3 cm³/mol. The summed E-state index contributed by atoms with van der Waals surface area (Å²) < 4.78 is 0. The Balaban J connectivity index is 1.46. The normalized spacial score (nSPS) is 19.6. The molecule has 1 aliphatic rings. The third-order valence-corrected chi connectivity index (χ3v) is 4.41. The van der Waals surface area contributed by atoms with E-state index in [0.717, 1.165) is 31.2 Å². The van der Waals surface area contributed by atoms with Gasteiger partial charge in [-0.2, -0.15) is 0 Å². The van der Waals surface area contributed by atoms with E-state index < -0.39 is 0 Å². The molecule has 108 valence electrons. The summed E-state index contributed by atoms with van der Waals surface area (Å²) in [6, 6.07) is 8.81. The summed E-state index contributed by atoms with van der Waals surface area (Å²) in [5.74, 6) is 1.70. The summed E-state index contributed by atoms with van der Waals surface area (Å²) in [4.78, 5) is 13.7. The smallest absolute Gasteiger partial charge is 0.110 e. The monoisotopic (exact) mass is 280 g/mol. The quantitative estimate of drug-likeness (QED) is 0.774. The Morgan fingerprint density at radius 3 is 3.14 bits per heavy atom. The molecule has 3 heterocycles. The Morgan fingerprint density at radius 2 is 2.29 bits per heavy atom. The second-order valence-electron chi connectivity index (χ2n) is 6.07. The van der Waals surface area contributed by atoms with Gasteiger partial charge in [0.05, 0.1) is 0 Å². The number of hydrogen-bond acceptors (Lipinski definition) is 2. The summed E-state index contributed by atoms with van der Waals surface area (Å²) >= 11 is 0. The van der Waals surface area contributed by atoms with Crippen LogP contribution in [0.25, 0.3) is 10.9 Å². The van der Waals surface area contributed by atoms with Gasteiger partial charge in [0.2, 0.25) is 0 Å². The van der Waals surface area contributed by atoms with Crippen molar-refractivity contribution in [1.29, 1.82) is 0 Å².